The number of allylic oxidation sites excluding steroid dienone is 1. The average molecular weight is 430 g/mol. The van der Waals surface area contributed by atoms with E-state index in [0.29, 0.717) is 23.0 Å². The standard InChI is InChI=1S/C24H25Cl2NO2/c1-2-27-14-13-24(29,12-11-19-6-4-8-21(26)16-19)22(17-27)23(28)10-9-18-5-3-7-20(25)15-18/h3-12,15-16,22,29H,2,13-14,17H2,1H3/b10-9+,12-11+. The van der Waals surface area contributed by atoms with Crippen molar-refractivity contribution in [2.45, 2.75) is 18.9 Å². The van der Waals surface area contributed by atoms with E-state index in [1.807, 2.05) is 36.4 Å². The number of carbonyl (C=O) groups is 1. The number of aliphatic hydroxyl groups is 1. The SMILES string of the molecule is CCN1CCC(O)(/C=C/c2cccc(Cl)c2)C(C(=O)/C=C/c2cccc(Cl)c2)C1. The third-order valence-electron chi connectivity index (χ3n) is 5.37. The van der Waals surface area contributed by atoms with Crippen molar-refractivity contribution in [3.05, 3.63) is 81.9 Å². The predicted molar refractivity (Wildman–Crippen MR) is 121 cm³/mol. The van der Waals surface area contributed by atoms with Crippen LogP contribution in [0.25, 0.3) is 12.2 Å². The van der Waals surface area contributed by atoms with E-state index < -0.39 is 11.5 Å². The molecule has 1 aliphatic rings. The zero-order valence-electron chi connectivity index (χ0n) is 16.4. The minimum atomic E-state index is -1.20. The fourth-order valence-electron chi connectivity index (χ4n) is 3.60. The summed E-state index contributed by atoms with van der Waals surface area (Å²) >= 11 is 12.1. The number of ketones is 1. The molecule has 2 aromatic rings. The molecule has 3 rings (SSSR count). The molecular weight excluding hydrogens is 405 g/mol. The van der Waals surface area contributed by atoms with Gasteiger partial charge in [0.25, 0.3) is 0 Å². The van der Waals surface area contributed by atoms with Crippen molar-refractivity contribution in [3.8, 4) is 0 Å². The van der Waals surface area contributed by atoms with E-state index in [9.17, 15) is 9.90 Å². The van der Waals surface area contributed by atoms with Crippen LogP contribution in [0.2, 0.25) is 10.0 Å². The van der Waals surface area contributed by atoms with Gasteiger partial charge in [-0.15, -0.1) is 0 Å². The number of hydrogen-bond donors (Lipinski definition) is 1. The van der Waals surface area contributed by atoms with Crippen LogP contribution in [0.3, 0.4) is 0 Å². The summed E-state index contributed by atoms with van der Waals surface area (Å²) in [5, 5.41) is 12.6. The molecule has 0 aliphatic carbocycles. The van der Waals surface area contributed by atoms with Gasteiger partial charge in [-0.3, -0.25) is 4.79 Å². The third kappa shape index (κ3) is 5.80. The van der Waals surface area contributed by atoms with Crippen LogP contribution in [0.1, 0.15) is 24.5 Å². The molecule has 3 nitrogen and oxygen atoms in total. The molecule has 0 bridgehead atoms. The Morgan fingerprint density at radius 1 is 1.14 bits per heavy atom. The number of nitrogens with zero attached hydrogens (tertiary/aromatic N) is 1. The number of carbonyl (C=O) groups excluding carboxylic acids is 1. The lowest BCUT2D eigenvalue weighted by molar-refractivity contribution is -0.129. The van der Waals surface area contributed by atoms with Crippen LogP contribution in [-0.4, -0.2) is 41.0 Å². The van der Waals surface area contributed by atoms with Crippen LogP contribution in [0, 0.1) is 5.92 Å². The summed E-state index contributed by atoms with van der Waals surface area (Å²) in [6.07, 6.45) is 7.39. The molecule has 1 heterocycles. The molecule has 0 aromatic heterocycles. The van der Waals surface area contributed by atoms with Gasteiger partial charge in [-0.05, 0) is 54.4 Å². The third-order valence-corrected chi connectivity index (χ3v) is 5.84. The maximum absolute atomic E-state index is 13.0. The van der Waals surface area contributed by atoms with E-state index >= 15 is 0 Å². The highest BCUT2D eigenvalue weighted by atomic mass is 35.5. The number of halogens is 2. The molecule has 0 radical (unpaired) electrons. The Labute approximate surface area is 182 Å². The molecule has 2 atom stereocenters. The molecule has 5 heteroatoms. The van der Waals surface area contributed by atoms with Gasteiger partial charge in [0.15, 0.2) is 5.78 Å². The molecule has 152 valence electrons. The van der Waals surface area contributed by atoms with Crippen molar-refractivity contribution in [3.63, 3.8) is 0 Å². The topological polar surface area (TPSA) is 40.5 Å². The first kappa shape index (κ1) is 21.8. The normalized spacial score (nSPS) is 23.1. The smallest absolute Gasteiger partial charge is 0.163 e. The molecule has 2 aromatic carbocycles. The Bertz CT molecular complexity index is 925. The van der Waals surface area contributed by atoms with Gasteiger partial charge in [-0.1, -0.05) is 72.6 Å². The number of benzene rings is 2. The molecule has 0 saturated carbocycles. The van der Waals surface area contributed by atoms with Crippen molar-refractivity contribution >= 4 is 41.1 Å². The second-order valence-electron chi connectivity index (χ2n) is 7.37. The number of rotatable bonds is 6. The highest BCUT2D eigenvalue weighted by molar-refractivity contribution is 6.31. The Morgan fingerprint density at radius 2 is 1.76 bits per heavy atom. The van der Waals surface area contributed by atoms with Crippen LogP contribution in [0.4, 0.5) is 0 Å². The largest absolute Gasteiger partial charge is 0.385 e. The maximum Gasteiger partial charge on any atom is 0.163 e. The molecule has 1 saturated heterocycles. The second-order valence-corrected chi connectivity index (χ2v) is 8.24. The molecule has 29 heavy (non-hydrogen) atoms. The van der Waals surface area contributed by atoms with Gasteiger partial charge in [0, 0.05) is 23.1 Å². The van der Waals surface area contributed by atoms with Gasteiger partial charge in [0.1, 0.15) is 0 Å². The predicted octanol–water partition coefficient (Wildman–Crippen LogP) is 5.36. The monoisotopic (exact) mass is 429 g/mol. The van der Waals surface area contributed by atoms with E-state index in [4.69, 9.17) is 23.2 Å². The Hall–Kier alpha value is -1.91. The van der Waals surface area contributed by atoms with E-state index in [0.717, 1.165) is 24.2 Å². The van der Waals surface area contributed by atoms with Gasteiger partial charge in [0.05, 0.1) is 11.5 Å². The van der Waals surface area contributed by atoms with Crippen LogP contribution in [0.15, 0.2) is 60.7 Å². The summed E-state index contributed by atoms with van der Waals surface area (Å²) in [5.41, 5.74) is 0.542. The summed E-state index contributed by atoms with van der Waals surface area (Å²) in [6, 6.07) is 14.7. The van der Waals surface area contributed by atoms with Crippen LogP contribution in [-0.2, 0) is 4.79 Å². The number of hydrogen-bond acceptors (Lipinski definition) is 3. The van der Waals surface area contributed by atoms with E-state index in [-0.39, 0.29) is 5.78 Å². The molecule has 0 amide bonds. The molecule has 1 fully saturated rings. The molecule has 0 spiro atoms. The van der Waals surface area contributed by atoms with Crippen molar-refractivity contribution in [1.82, 2.24) is 4.90 Å². The fourth-order valence-corrected chi connectivity index (χ4v) is 4.00. The quantitative estimate of drug-likeness (QED) is 0.627. The van der Waals surface area contributed by atoms with E-state index in [1.165, 1.54) is 0 Å². The molecule has 2 unspecified atom stereocenters. The lowest BCUT2D eigenvalue weighted by Gasteiger charge is -2.41. The lowest BCUT2D eigenvalue weighted by atomic mass is 9.77. The van der Waals surface area contributed by atoms with Crippen LogP contribution < -0.4 is 0 Å². The summed E-state index contributed by atoms with van der Waals surface area (Å²) in [4.78, 5) is 15.2. The van der Waals surface area contributed by atoms with Crippen LogP contribution >= 0.6 is 23.2 Å². The fraction of sp³-hybridized carbons (Fsp3) is 0.292. The summed E-state index contributed by atoms with van der Waals surface area (Å²) in [5.74, 6) is -0.636. The van der Waals surface area contributed by atoms with Gasteiger partial charge in [-0.2, -0.15) is 0 Å². The van der Waals surface area contributed by atoms with Crippen LogP contribution in [0.5, 0.6) is 0 Å². The Morgan fingerprint density at radius 3 is 2.34 bits per heavy atom. The Kier molecular flexibility index (Phi) is 7.31. The summed E-state index contributed by atoms with van der Waals surface area (Å²) in [6.45, 7) is 4.17. The zero-order chi connectivity index (χ0) is 20.9. The van der Waals surface area contributed by atoms with Crippen molar-refractivity contribution in [1.29, 1.82) is 0 Å². The molecule has 1 N–H and O–H groups in total. The molecule has 1 aliphatic heterocycles. The zero-order valence-corrected chi connectivity index (χ0v) is 17.9. The van der Waals surface area contributed by atoms with Crippen molar-refractivity contribution < 1.29 is 9.90 Å². The minimum absolute atomic E-state index is 0.0960. The Balaban J connectivity index is 1.83. The second kappa shape index (κ2) is 9.73. The van der Waals surface area contributed by atoms with Gasteiger partial charge in [-0.25, -0.2) is 0 Å². The average Bonchev–Trinajstić information content (AvgIpc) is 2.71. The summed E-state index contributed by atoms with van der Waals surface area (Å²) in [7, 11) is 0. The first-order valence-corrected chi connectivity index (χ1v) is 10.5. The van der Waals surface area contributed by atoms with Gasteiger partial charge >= 0.3 is 0 Å². The minimum Gasteiger partial charge on any atom is -0.385 e. The summed E-state index contributed by atoms with van der Waals surface area (Å²) < 4.78 is 0. The van der Waals surface area contributed by atoms with Gasteiger partial charge < -0.3 is 10.0 Å². The first-order chi connectivity index (χ1) is 13.9. The number of likely N-dealkylation sites (tertiary alicyclic amines) is 1. The van der Waals surface area contributed by atoms with E-state index in [1.54, 1.807) is 36.4 Å². The highest BCUT2D eigenvalue weighted by Crippen LogP contribution is 2.32. The van der Waals surface area contributed by atoms with Crippen molar-refractivity contribution in [2.24, 2.45) is 5.92 Å². The maximum atomic E-state index is 13.0. The lowest BCUT2D eigenvalue weighted by Crippen LogP contribution is -2.53. The number of piperidine rings is 1. The molecular formula is C24H25Cl2NO2. The first-order valence-electron chi connectivity index (χ1n) is 9.76. The van der Waals surface area contributed by atoms with Crippen molar-refractivity contribution in [2.75, 3.05) is 19.6 Å². The van der Waals surface area contributed by atoms with E-state index in [2.05, 4.69) is 11.8 Å². The highest BCUT2D eigenvalue weighted by Gasteiger charge is 2.42. The van der Waals surface area contributed by atoms with Gasteiger partial charge in [0.2, 0.25) is 0 Å².